The number of carbonyl (C=O) groups is 2. The molecule has 0 aliphatic carbocycles. The van der Waals surface area contributed by atoms with E-state index >= 15 is 0 Å². The van der Waals surface area contributed by atoms with E-state index in [4.69, 9.17) is 18.5 Å². The summed E-state index contributed by atoms with van der Waals surface area (Å²) in [6.07, 6.45) is 46.1. The van der Waals surface area contributed by atoms with Gasteiger partial charge in [-0.25, -0.2) is 0 Å². The summed E-state index contributed by atoms with van der Waals surface area (Å²) in [5, 5.41) is 0. The Kier molecular flexibility index (Phi) is 39.4. The lowest BCUT2D eigenvalue weighted by atomic mass is 10.1. The second-order valence-electron chi connectivity index (χ2n) is 17.1. The predicted octanol–water partition coefficient (Wildman–Crippen LogP) is 13.1. The van der Waals surface area contributed by atoms with E-state index in [9.17, 15) is 19.0 Å². The van der Waals surface area contributed by atoms with Crippen LogP contribution >= 0.6 is 7.82 Å². The number of esters is 2. The standard InChI is InChI=1S/C48H90NO8P/c1-6-8-10-12-14-16-18-20-22-24-26-28-30-32-34-36-38-40-47(50)54-44-46(45-56-58(52,53)55-43-42-49(3,4)5)57-48(51)41-39-37-35-33-31-29-27-25-23-21-19-17-15-13-11-9-7-2/h21,23,26,28,32,34,46H,6-20,22,24-25,27,29-31,33,35-45H2,1-5H3/b23-21+,28-26+,34-32+/t46-/m1/s1. The van der Waals surface area contributed by atoms with Gasteiger partial charge in [-0.3, -0.25) is 14.2 Å². The molecule has 0 spiro atoms. The van der Waals surface area contributed by atoms with Crippen molar-refractivity contribution in [2.45, 2.75) is 213 Å². The average molecular weight is 840 g/mol. The highest BCUT2D eigenvalue weighted by Crippen LogP contribution is 2.38. The Morgan fingerprint density at radius 1 is 0.534 bits per heavy atom. The van der Waals surface area contributed by atoms with Crippen molar-refractivity contribution in [2.75, 3.05) is 47.5 Å². The van der Waals surface area contributed by atoms with Crippen molar-refractivity contribution in [2.24, 2.45) is 0 Å². The maximum absolute atomic E-state index is 12.7. The highest BCUT2D eigenvalue weighted by Gasteiger charge is 2.21. The zero-order valence-electron chi connectivity index (χ0n) is 38.2. The maximum Gasteiger partial charge on any atom is 0.306 e. The molecule has 0 N–H and O–H groups in total. The molecule has 0 rings (SSSR count). The third-order valence-corrected chi connectivity index (χ3v) is 11.1. The molecule has 0 bridgehead atoms. The smallest absolute Gasteiger partial charge is 0.306 e. The fourth-order valence-corrected chi connectivity index (χ4v) is 7.12. The highest BCUT2D eigenvalue weighted by molar-refractivity contribution is 7.45. The van der Waals surface area contributed by atoms with Crippen LogP contribution in [0.25, 0.3) is 0 Å². The van der Waals surface area contributed by atoms with Crippen LogP contribution in [-0.2, 0) is 32.7 Å². The van der Waals surface area contributed by atoms with Gasteiger partial charge in [0.05, 0.1) is 27.7 Å². The van der Waals surface area contributed by atoms with Gasteiger partial charge in [0.15, 0.2) is 6.10 Å². The van der Waals surface area contributed by atoms with Crippen LogP contribution in [0.3, 0.4) is 0 Å². The molecule has 0 amide bonds. The Morgan fingerprint density at radius 2 is 0.948 bits per heavy atom. The van der Waals surface area contributed by atoms with Gasteiger partial charge in [-0.2, -0.15) is 0 Å². The predicted molar refractivity (Wildman–Crippen MR) is 241 cm³/mol. The Balaban J connectivity index is 4.37. The number of phosphoric ester groups is 1. The zero-order chi connectivity index (χ0) is 42.8. The number of hydrogen-bond donors (Lipinski definition) is 0. The molecule has 1 unspecified atom stereocenters. The van der Waals surface area contributed by atoms with Crippen LogP contribution in [-0.4, -0.2) is 70.0 Å². The number of likely N-dealkylation sites (N-methyl/N-ethyl adjacent to an activating group) is 1. The third kappa shape index (κ3) is 43.8. The summed E-state index contributed by atoms with van der Waals surface area (Å²) in [5.74, 6) is -0.888. The first-order valence-electron chi connectivity index (χ1n) is 23.7. The van der Waals surface area contributed by atoms with Gasteiger partial charge in [0.1, 0.15) is 19.8 Å². The average Bonchev–Trinajstić information content (AvgIpc) is 3.17. The highest BCUT2D eigenvalue weighted by atomic mass is 31.2. The van der Waals surface area contributed by atoms with Crippen LogP contribution in [0.15, 0.2) is 36.5 Å². The van der Waals surface area contributed by atoms with Crippen molar-refractivity contribution in [3.8, 4) is 0 Å². The summed E-state index contributed by atoms with van der Waals surface area (Å²) in [7, 11) is 1.14. The normalized spacial score (nSPS) is 13.8. The van der Waals surface area contributed by atoms with Crippen molar-refractivity contribution in [3.05, 3.63) is 36.5 Å². The quantitative estimate of drug-likeness (QED) is 0.0196. The van der Waals surface area contributed by atoms with Gasteiger partial charge < -0.3 is 27.9 Å². The molecule has 0 aromatic rings. The van der Waals surface area contributed by atoms with E-state index < -0.39 is 32.5 Å². The van der Waals surface area contributed by atoms with Gasteiger partial charge in [-0.15, -0.1) is 0 Å². The summed E-state index contributed by atoms with van der Waals surface area (Å²) in [5.41, 5.74) is 0. The van der Waals surface area contributed by atoms with Crippen LogP contribution in [0.2, 0.25) is 0 Å². The van der Waals surface area contributed by atoms with Crippen LogP contribution in [0.1, 0.15) is 206 Å². The first kappa shape index (κ1) is 56.2. The van der Waals surface area contributed by atoms with Crippen molar-refractivity contribution in [1.82, 2.24) is 0 Å². The molecule has 0 aliphatic heterocycles. The Morgan fingerprint density at radius 3 is 1.43 bits per heavy atom. The third-order valence-electron chi connectivity index (χ3n) is 10.1. The molecule has 0 aromatic heterocycles. The first-order chi connectivity index (χ1) is 28.0. The SMILES string of the molecule is CCCCCCCC/C=C/CCCCCCCCCC(=O)O[C@H](COC(=O)CCC/C=C/C/C=C/CCCCCCCCCCC)COP(=O)([O-])OCC[N+](C)(C)C. The number of allylic oxidation sites excluding steroid dienone is 6. The van der Waals surface area contributed by atoms with Crippen molar-refractivity contribution < 1.29 is 42.1 Å². The van der Waals surface area contributed by atoms with Crippen LogP contribution in [0, 0.1) is 0 Å². The summed E-state index contributed by atoms with van der Waals surface area (Å²) in [6.45, 7) is 4.18. The first-order valence-corrected chi connectivity index (χ1v) is 25.2. The second kappa shape index (κ2) is 40.6. The van der Waals surface area contributed by atoms with E-state index in [1.165, 1.54) is 122 Å². The number of ether oxygens (including phenoxy) is 2. The number of quaternary nitrogens is 1. The van der Waals surface area contributed by atoms with E-state index in [0.717, 1.165) is 44.9 Å². The Hall–Kier alpha value is -1.77. The van der Waals surface area contributed by atoms with Gasteiger partial charge >= 0.3 is 11.9 Å². The molecule has 0 aliphatic rings. The van der Waals surface area contributed by atoms with Gasteiger partial charge in [0, 0.05) is 12.8 Å². The lowest BCUT2D eigenvalue weighted by Gasteiger charge is -2.28. The summed E-state index contributed by atoms with van der Waals surface area (Å²) in [4.78, 5) is 37.6. The van der Waals surface area contributed by atoms with Crippen LogP contribution in [0.5, 0.6) is 0 Å². The lowest BCUT2D eigenvalue weighted by Crippen LogP contribution is -2.37. The van der Waals surface area contributed by atoms with Gasteiger partial charge in [-0.1, -0.05) is 166 Å². The zero-order valence-corrected chi connectivity index (χ0v) is 39.1. The number of phosphoric acid groups is 1. The summed E-state index contributed by atoms with van der Waals surface area (Å²) in [6, 6.07) is 0. The molecular formula is C48H90NO8P. The fraction of sp³-hybridized carbons (Fsp3) is 0.833. The van der Waals surface area contributed by atoms with Crippen LogP contribution in [0.4, 0.5) is 0 Å². The minimum absolute atomic E-state index is 0.0375. The minimum Gasteiger partial charge on any atom is -0.756 e. The van der Waals surface area contributed by atoms with E-state index in [1.54, 1.807) is 0 Å². The second-order valence-corrected chi connectivity index (χ2v) is 18.5. The van der Waals surface area contributed by atoms with Gasteiger partial charge in [-0.05, 0) is 64.2 Å². The molecule has 0 saturated heterocycles. The number of nitrogens with zero attached hydrogens (tertiary/aromatic N) is 1. The van der Waals surface area contributed by atoms with E-state index in [-0.39, 0.29) is 26.1 Å². The summed E-state index contributed by atoms with van der Waals surface area (Å²) >= 11 is 0. The van der Waals surface area contributed by atoms with E-state index in [0.29, 0.717) is 23.9 Å². The molecule has 2 atom stereocenters. The largest absolute Gasteiger partial charge is 0.756 e. The topological polar surface area (TPSA) is 111 Å². The minimum atomic E-state index is -4.64. The number of carbonyl (C=O) groups excluding carboxylic acids is 2. The van der Waals surface area contributed by atoms with Crippen molar-refractivity contribution in [1.29, 1.82) is 0 Å². The number of rotatable bonds is 43. The lowest BCUT2D eigenvalue weighted by molar-refractivity contribution is -0.870. The van der Waals surface area contributed by atoms with E-state index in [1.807, 2.05) is 21.1 Å². The number of unbranched alkanes of at least 4 members (excludes halogenated alkanes) is 23. The Labute approximate surface area is 357 Å². The molecule has 0 aromatic carbocycles. The monoisotopic (exact) mass is 840 g/mol. The molecular weight excluding hydrogens is 750 g/mol. The van der Waals surface area contributed by atoms with Gasteiger partial charge in [0.25, 0.3) is 7.82 Å². The molecule has 0 heterocycles. The van der Waals surface area contributed by atoms with Crippen molar-refractivity contribution in [3.63, 3.8) is 0 Å². The van der Waals surface area contributed by atoms with Gasteiger partial charge in [0.2, 0.25) is 0 Å². The fourth-order valence-electron chi connectivity index (χ4n) is 6.39. The number of hydrogen-bond acceptors (Lipinski definition) is 8. The molecule has 0 fully saturated rings. The molecule has 340 valence electrons. The van der Waals surface area contributed by atoms with Crippen LogP contribution < -0.4 is 4.89 Å². The molecule has 0 saturated carbocycles. The molecule has 10 heteroatoms. The molecule has 58 heavy (non-hydrogen) atoms. The maximum atomic E-state index is 12.7. The summed E-state index contributed by atoms with van der Waals surface area (Å²) < 4.78 is 33.9. The van der Waals surface area contributed by atoms with E-state index in [2.05, 4.69) is 50.3 Å². The molecule has 9 nitrogen and oxygen atoms in total. The molecule has 0 radical (unpaired) electrons. The van der Waals surface area contributed by atoms with Crippen molar-refractivity contribution >= 4 is 19.8 Å². The Bertz CT molecular complexity index is 1090.